The molecule has 10 nitrogen and oxygen atoms in total. The second-order valence-electron chi connectivity index (χ2n) is 6.40. The van der Waals surface area contributed by atoms with Gasteiger partial charge >= 0.3 is 5.97 Å². The molecule has 0 bridgehead atoms. The van der Waals surface area contributed by atoms with Gasteiger partial charge in [0.25, 0.3) is 0 Å². The number of thiocarbonyl (C=S) groups is 1. The Kier molecular flexibility index (Phi) is 8.93. The third-order valence-corrected chi connectivity index (χ3v) is 5.85. The number of hydrogen-bond donors (Lipinski definition) is 4. The summed E-state index contributed by atoms with van der Waals surface area (Å²) >= 11 is 5.24. The molecule has 0 aliphatic carbocycles. The molecule has 0 fully saturated rings. The van der Waals surface area contributed by atoms with Crippen molar-refractivity contribution in [2.24, 2.45) is 5.10 Å². The van der Waals surface area contributed by atoms with E-state index in [0.29, 0.717) is 28.5 Å². The van der Waals surface area contributed by atoms with Crippen molar-refractivity contribution in [2.45, 2.75) is 18.2 Å². The number of carboxylic acids is 1. The fraction of sp³-hybridized carbons (Fsp3) is 0.250. The van der Waals surface area contributed by atoms with Crippen molar-refractivity contribution in [1.29, 1.82) is 0 Å². The number of hydrogen-bond acceptors (Lipinski definition) is 7. The van der Waals surface area contributed by atoms with Crippen LogP contribution in [0, 0.1) is 0 Å². The first-order valence-corrected chi connectivity index (χ1v) is 11.2. The molecule has 0 aliphatic heterocycles. The first-order chi connectivity index (χ1) is 15.2. The predicted octanol–water partition coefficient (Wildman–Crippen LogP) is 2.17. The second kappa shape index (κ2) is 11.4. The first kappa shape index (κ1) is 25.0. The van der Waals surface area contributed by atoms with E-state index in [1.165, 1.54) is 19.2 Å². The number of rotatable bonds is 10. The summed E-state index contributed by atoms with van der Waals surface area (Å²) < 4.78 is 37.0. The van der Waals surface area contributed by atoms with Crippen LogP contribution in [-0.4, -0.2) is 51.1 Å². The molecule has 0 amide bonds. The average Bonchev–Trinajstić information content (AvgIpc) is 2.77. The van der Waals surface area contributed by atoms with Gasteiger partial charge in [-0.2, -0.15) is 5.10 Å². The quantitative estimate of drug-likeness (QED) is 0.229. The van der Waals surface area contributed by atoms with Crippen LogP contribution >= 0.6 is 12.2 Å². The molecular formula is C20H24N4O6S2. The van der Waals surface area contributed by atoms with Gasteiger partial charge in [0.1, 0.15) is 0 Å². The molecule has 2 aromatic rings. The summed E-state index contributed by atoms with van der Waals surface area (Å²) in [6.07, 6.45) is -0.300. The third kappa shape index (κ3) is 7.18. The van der Waals surface area contributed by atoms with E-state index in [0.717, 1.165) is 0 Å². The highest BCUT2D eigenvalue weighted by molar-refractivity contribution is 7.89. The average molecular weight is 481 g/mol. The summed E-state index contributed by atoms with van der Waals surface area (Å²) in [5.41, 5.74) is 4.66. The Morgan fingerprint density at radius 2 is 1.75 bits per heavy atom. The number of methoxy groups -OCH3 is 2. The Balaban J connectivity index is 1.99. The van der Waals surface area contributed by atoms with Gasteiger partial charge in [0, 0.05) is 18.3 Å². The number of carboxylic acid groups (broad SMARTS) is 1. The van der Waals surface area contributed by atoms with Crippen molar-refractivity contribution < 1.29 is 27.8 Å². The van der Waals surface area contributed by atoms with Crippen LogP contribution in [0.3, 0.4) is 0 Å². The van der Waals surface area contributed by atoms with E-state index >= 15 is 0 Å². The molecule has 2 aromatic carbocycles. The number of sulfonamides is 1. The molecule has 0 unspecified atom stereocenters. The molecule has 172 valence electrons. The highest BCUT2D eigenvalue weighted by atomic mass is 32.2. The third-order valence-electron chi connectivity index (χ3n) is 4.18. The van der Waals surface area contributed by atoms with Crippen LogP contribution in [0.25, 0.3) is 0 Å². The van der Waals surface area contributed by atoms with Crippen LogP contribution in [0.15, 0.2) is 52.5 Å². The minimum absolute atomic E-state index is 0.0260. The Labute approximate surface area is 191 Å². The van der Waals surface area contributed by atoms with E-state index in [-0.39, 0.29) is 23.0 Å². The number of benzene rings is 2. The summed E-state index contributed by atoms with van der Waals surface area (Å²) in [7, 11) is -0.704. The molecule has 0 spiro atoms. The molecule has 12 heteroatoms. The van der Waals surface area contributed by atoms with Gasteiger partial charge in [0.15, 0.2) is 16.6 Å². The smallest absolute Gasteiger partial charge is 0.304 e. The predicted molar refractivity (Wildman–Crippen MR) is 125 cm³/mol. The minimum Gasteiger partial charge on any atom is -0.493 e. The molecular weight excluding hydrogens is 456 g/mol. The zero-order valence-corrected chi connectivity index (χ0v) is 19.3. The maximum absolute atomic E-state index is 12.2. The molecule has 0 atom stereocenters. The number of anilines is 1. The van der Waals surface area contributed by atoms with E-state index in [9.17, 15) is 13.2 Å². The molecule has 0 aliphatic rings. The second-order valence-corrected chi connectivity index (χ2v) is 8.57. The number of nitrogens with zero attached hydrogens (tertiary/aromatic N) is 1. The lowest BCUT2D eigenvalue weighted by Crippen LogP contribution is -2.26. The SMILES string of the molecule is COc1ccc(NC(=S)NN=C(C)c2ccc(S(=O)(=O)NCCC(=O)O)cc2)cc1OC. The van der Waals surface area contributed by atoms with Crippen LogP contribution in [0.2, 0.25) is 0 Å². The molecule has 2 rings (SSSR count). The topological polar surface area (TPSA) is 138 Å². The van der Waals surface area contributed by atoms with Gasteiger partial charge in [-0.25, -0.2) is 13.1 Å². The van der Waals surface area contributed by atoms with Crippen molar-refractivity contribution in [2.75, 3.05) is 26.1 Å². The Morgan fingerprint density at radius 3 is 2.34 bits per heavy atom. The summed E-state index contributed by atoms with van der Waals surface area (Å²) in [6.45, 7) is 1.55. The highest BCUT2D eigenvalue weighted by Gasteiger charge is 2.14. The van der Waals surface area contributed by atoms with Gasteiger partial charge in [-0.05, 0) is 49.0 Å². The Hall–Kier alpha value is -3.22. The van der Waals surface area contributed by atoms with Gasteiger partial charge in [-0.15, -0.1) is 0 Å². The highest BCUT2D eigenvalue weighted by Crippen LogP contribution is 2.29. The fourth-order valence-electron chi connectivity index (χ4n) is 2.52. The van der Waals surface area contributed by atoms with Crippen molar-refractivity contribution >= 4 is 44.7 Å². The van der Waals surface area contributed by atoms with Gasteiger partial charge in [-0.3, -0.25) is 10.2 Å². The molecule has 0 aromatic heterocycles. The number of ether oxygens (including phenoxy) is 2. The zero-order valence-electron chi connectivity index (χ0n) is 17.7. The molecule has 0 radical (unpaired) electrons. The summed E-state index contributed by atoms with van der Waals surface area (Å²) in [4.78, 5) is 10.6. The summed E-state index contributed by atoms with van der Waals surface area (Å²) in [5, 5.41) is 16.0. The van der Waals surface area contributed by atoms with E-state index in [1.54, 1.807) is 44.4 Å². The van der Waals surface area contributed by atoms with E-state index < -0.39 is 16.0 Å². The first-order valence-electron chi connectivity index (χ1n) is 9.31. The minimum atomic E-state index is -3.79. The Bertz CT molecular complexity index is 1100. The number of aliphatic carboxylic acids is 1. The Morgan fingerprint density at radius 1 is 1.09 bits per heavy atom. The molecule has 4 N–H and O–H groups in total. The number of hydrazone groups is 1. The fourth-order valence-corrected chi connectivity index (χ4v) is 3.72. The van der Waals surface area contributed by atoms with E-state index in [4.69, 9.17) is 26.8 Å². The molecule has 32 heavy (non-hydrogen) atoms. The lowest BCUT2D eigenvalue weighted by atomic mass is 10.1. The van der Waals surface area contributed by atoms with E-state index in [2.05, 4.69) is 20.6 Å². The van der Waals surface area contributed by atoms with Crippen LogP contribution in [0.4, 0.5) is 5.69 Å². The summed E-state index contributed by atoms with van der Waals surface area (Å²) in [5.74, 6) is 0.0572. The lowest BCUT2D eigenvalue weighted by Gasteiger charge is -2.12. The van der Waals surface area contributed by atoms with E-state index in [1.807, 2.05) is 0 Å². The maximum Gasteiger partial charge on any atom is 0.304 e. The van der Waals surface area contributed by atoms with Crippen LogP contribution in [0.1, 0.15) is 18.9 Å². The van der Waals surface area contributed by atoms with Crippen molar-refractivity contribution in [3.63, 3.8) is 0 Å². The van der Waals surface area contributed by atoms with Gasteiger partial charge in [-0.1, -0.05) is 12.1 Å². The van der Waals surface area contributed by atoms with Crippen LogP contribution < -0.4 is 24.9 Å². The number of carbonyl (C=O) groups is 1. The standard InChI is InChI=1S/C20H24N4O6S2/c1-13(14-4-7-16(8-5-14)32(27,28)21-11-10-19(25)26)23-24-20(31)22-15-6-9-17(29-2)18(12-15)30-3/h4-9,12,21H,10-11H2,1-3H3,(H,25,26)(H2,22,24,31). The monoisotopic (exact) mass is 480 g/mol. The van der Waals surface area contributed by atoms with Crippen LogP contribution in [0.5, 0.6) is 11.5 Å². The largest absolute Gasteiger partial charge is 0.493 e. The van der Waals surface area contributed by atoms with Gasteiger partial charge < -0.3 is 19.9 Å². The summed E-state index contributed by atoms with van der Waals surface area (Å²) in [6, 6.07) is 11.3. The van der Waals surface area contributed by atoms with Crippen molar-refractivity contribution in [3.05, 3.63) is 48.0 Å². The molecule has 0 saturated carbocycles. The van der Waals surface area contributed by atoms with Gasteiger partial charge in [0.05, 0.1) is 31.2 Å². The normalized spacial score (nSPS) is 11.5. The molecule has 0 heterocycles. The van der Waals surface area contributed by atoms with Gasteiger partial charge in [0.2, 0.25) is 10.0 Å². The lowest BCUT2D eigenvalue weighted by molar-refractivity contribution is -0.136. The zero-order chi connectivity index (χ0) is 23.7. The maximum atomic E-state index is 12.2. The van der Waals surface area contributed by atoms with Crippen molar-refractivity contribution in [1.82, 2.24) is 10.1 Å². The van der Waals surface area contributed by atoms with Crippen molar-refractivity contribution in [3.8, 4) is 11.5 Å². The van der Waals surface area contributed by atoms with Crippen LogP contribution in [-0.2, 0) is 14.8 Å². The molecule has 0 saturated heterocycles. The number of nitrogens with one attached hydrogen (secondary N) is 3.